The molecule has 14 heteroatoms. The van der Waals surface area contributed by atoms with Crippen molar-refractivity contribution in [3.8, 4) is 0 Å². The second-order valence-electron chi connectivity index (χ2n) is 15.2. The minimum Gasteiger partial charge on any atom is -0.379 e. The number of benzene rings is 2. The summed E-state index contributed by atoms with van der Waals surface area (Å²) in [7, 11) is -4.32. The van der Waals surface area contributed by atoms with Crippen molar-refractivity contribution in [2.24, 2.45) is 0 Å². The number of aromatic nitrogens is 1. The highest BCUT2D eigenvalue weighted by atomic mass is 35.5. The zero-order chi connectivity index (χ0) is 41.9. The second kappa shape index (κ2) is 24.6. The summed E-state index contributed by atoms with van der Waals surface area (Å²) in [6.07, 6.45) is 21.5. The van der Waals surface area contributed by atoms with Gasteiger partial charge in [0.15, 0.2) is 5.78 Å². The van der Waals surface area contributed by atoms with E-state index in [1.165, 1.54) is 118 Å². The largest absolute Gasteiger partial charge is 0.379 e. The Morgan fingerprint density at radius 3 is 2.31 bits per heavy atom. The maximum atomic E-state index is 14.7. The molecule has 1 aliphatic heterocycles. The first-order valence-electron chi connectivity index (χ1n) is 20.9. The van der Waals surface area contributed by atoms with Gasteiger partial charge in [0.2, 0.25) is 11.8 Å². The van der Waals surface area contributed by atoms with Crippen LogP contribution in [0, 0.1) is 5.82 Å². The Morgan fingerprint density at radius 2 is 1.62 bits per heavy atom. The number of ether oxygens (including phenoxy) is 1. The number of carbonyl (C=O) groups is 3. The van der Waals surface area contributed by atoms with Crippen LogP contribution in [0.2, 0.25) is 5.02 Å². The maximum Gasteiger partial charge on any atom is 0.358 e. The molecule has 1 saturated heterocycles. The van der Waals surface area contributed by atoms with Crippen molar-refractivity contribution < 1.29 is 41.9 Å². The number of fused-ring (bicyclic) bond motifs is 1. The van der Waals surface area contributed by atoms with Crippen molar-refractivity contribution in [3.63, 3.8) is 0 Å². The fourth-order valence-corrected chi connectivity index (χ4v) is 8.46. The van der Waals surface area contributed by atoms with Crippen LogP contribution < -0.4 is 10.6 Å². The van der Waals surface area contributed by atoms with E-state index in [4.69, 9.17) is 20.9 Å². The van der Waals surface area contributed by atoms with Crippen molar-refractivity contribution in [3.05, 3.63) is 76.7 Å². The molecule has 0 saturated carbocycles. The van der Waals surface area contributed by atoms with Gasteiger partial charge in [-0.2, -0.15) is 0 Å². The average molecular weight is 848 g/mol. The zero-order valence-electron chi connectivity index (χ0n) is 34.1. The molecule has 320 valence electrons. The Hall–Kier alpha value is -3.41. The quantitative estimate of drug-likeness (QED) is 0.0339. The lowest BCUT2D eigenvalue weighted by molar-refractivity contribution is -0.139. The van der Waals surface area contributed by atoms with Gasteiger partial charge in [-0.1, -0.05) is 107 Å². The first-order chi connectivity index (χ1) is 27.9. The van der Waals surface area contributed by atoms with E-state index in [0.29, 0.717) is 17.5 Å². The molecule has 1 unspecified atom stereocenters. The summed E-state index contributed by atoms with van der Waals surface area (Å²) in [6.45, 7) is 3.26. The molecule has 10 nitrogen and oxygen atoms in total. The lowest BCUT2D eigenvalue weighted by Crippen LogP contribution is -2.46. The topological polar surface area (TPSA) is 127 Å². The monoisotopic (exact) mass is 847 g/mol. The zero-order valence-corrected chi connectivity index (χ0v) is 35.7. The van der Waals surface area contributed by atoms with Crippen LogP contribution in [0.5, 0.6) is 0 Å². The highest BCUT2D eigenvalue weighted by Crippen LogP contribution is 2.41. The Balaban J connectivity index is 1.21. The fourth-order valence-electron chi connectivity index (χ4n) is 7.25. The number of hydrogen-bond acceptors (Lipinski definition) is 6. The normalized spacial score (nSPS) is 16.7. The van der Waals surface area contributed by atoms with E-state index in [-0.39, 0.29) is 66.5 Å². The Morgan fingerprint density at radius 1 is 0.948 bits per heavy atom. The summed E-state index contributed by atoms with van der Waals surface area (Å²) in [5.41, 5.74) is 0.741. The SMILES string of the molecule is CCCCCCCC/C=C\CCCCCCCCOCCOP(=O)(O)c1ccc2c(C(C)=O)cn(CC(=O)N3C[C@H](F)C[C@H]3C(=O)NCc3cccc(Cl)c3F)c2c1. The third-order valence-electron chi connectivity index (χ3n) is 10.5. The van der Waals surface area contributed by atoms with Crippen molar-refractivity contribution in [1.29, 1.82) is 0 Å². The number of alkyl halides is 1. The number of rotatable bonds is 27. The van der Waals surface area contributed by atoms with Crippen LogP contribution in [0.3, 0.4) is 0 Å². The number of unbranched alkanes of at least 4 members (excludes halogenated alkanes) is 12. The summed E-state index contributed by atoms with van der Waals surface area (Å²) in [4.78, 5) is 51.2. The molecule has 1 fully saturated rings. The van der Waals surface area contributed by atoms with Crippen LogP contribution in [0.4, 0.5) is 8.78 Å². The minimum absolute atomic E-state index is 0.0364. The number of amides is 2. The highest BCUT2D eigenvalue weighted by Gasteiger charge is 2.40. The standard InChI is InChI=1S/C44H61ClF2N3O7P/c1-3-4-5-6-7-8-9-10-11-12-13-14-15-16-17-18-24-56-25-26-57-58(54,55)36-22-23-37-38(33(2)51)31-49(40(37)28-36)32-42(52)50-30-35(46)27-41(50)44(53)48-29-34-20-19-21-39(45)43(34)47/h10-11,19-23,28,31,35,41H,3-9,12-18,24-27,29-30,32H2,1-2H3,(H,48,53)(H,54,55)/b11-10-/t35-,41+/m1/s1. The summed E-state index contributed by atoms with van der Waals surface area (Å²) >= 11 is 5.84. The van der Waals surface area contributed by atoms with Gasteiger partial charge in [-0.15, -0.1) is 0 Å². The molecule has 2 amide bonds. The van der Waals surface area contributed by atoms with Gasteiger partial charge in [-0.3, -0.25) is 18.9 Å². The lowest BCUT2D eigenvalue weighted by atomic mass is 10.1. The van der Waals surface area contributed by atoms with Crippen LogP contribution in [0.15, 0.2) is 54.7 Å². The number of ketones is 1. The summed E-state index contributed by atoms with van der Waals surface area (Å²) in [5.74, 6) is -2.23. The molecule has 0 spiro atoms. The number of nitrogens with one attached hydrogen (secondary N) is 1. The second-order valence-corrected chi connectivity index (χ2v) is 17.4. The van der Waals surface area contributed by atoms with Gasteiger partial charge < -0.3 is 28.9 Å². The Kier molecular flexibility index (Phi) is 20.1. The summed E-state index contributed by atoms with van der Waals surface area (Å²) in [5, 5.41) is 2.88. The number of allylic oxidation sites excluding steroid dienone is 2. The molecular weight excluding hydrogens is 787 g/mol. The molecule has 0 radical (unpaired) electrons. The van der Waals surface area contributed by atoms with Gasteiger partial charge in [0.25, 0.3) is 0 Å². The molecule has 58 heavy (non-hydrogen) atoms. The van der Waals surface area contributed by atoms with Gasteiger partial charge in [0.05, 0.1) is 35.6 Å². The molecule has 2 aromatic carbocycles. The Labute approximate surface area is 347 Å². The van der Waals surface area contributed by atoms with E-state index in [2.05, 4.69) is 24.4 Å². The van der Waals surface area contributed by atoms with Gasteiger partial charge in [0.1, 0.15) is 24.6 Å². The third kappa shape index (κ3) is 14.7. The first-order valence-corrected chi connectivity index (χ1v) is 22.9. The van der Waals surface area contributed by atoms with Crippen LogP contribution >= 0.6 is 19.2 Å². The molecule has 2 N–H and O–H groups in total. The van der Waals surface area contributed by atoms with Crippen molar-refractivity contribution in [2.75, 3.05) is 26.4 Å². The number of Topliss-reactive ketones (excluding diaryl/α,β-unsaturated/α-hetero) is 1. The van der Waals surface area contributed by atoms with E-state index in [9.17, 15) is 32.6 Å². The van der Waals surface area contributed by atoms with E-state index in [1.54, 1.807) is 0 Å². The predicted molar refractivity (Wildman–Crippen MR) is 226 cm³/mol. The molecule has 3 atom stereocenters. The van der Waals surface area contributed by atoms with Crippen LogP contribution in [-0.4, -0.2) is 70.5 Å². The summed E-state index contributed by atoms with van der Waals surface area (Å²) in [6, 6.07) is 7.56. The van der Waals surface area contributed by atoms with Crippen molar-refractivity contribution >= 4 is 53.0 Å². The molecule has 0 bridgehead atoms. The Bertz CT molecular complexity index is 1870. The predicted octanol–water partition coefficient (Wildman–Crippen LogP) is 9.77. The van der Waals surface area contributed by atoms with Gasteiger partial charge in [0, 0.05) is 42.3 Å². The number of nitrogens with zero attached hydrogens (tertiary/aromatic N) is 2. The number of likely N-dealkylation sites (tertiary alicyclic amines) is 1. The van der Waals surface area contributed by atoms with Gasteiger partial charge in [-0.05, 0) is 57.2 Å². The third-order valence-corrected chi connectivity index (χ3v) is 12.3. The fraction of sp³-hybridized carbons (Fsp3) is 0.568. The lowest BCUT2D eigenvalue weighted by Gasteiger charge is -2.24. The maximum absolute atomic E-state index is 14.7. The number of carbonyl (C=O) groups excluding carboxylic acids is 3. The molecule has 2 heterocycles. The van der Waals surface area contributed by atoms with Gasteiger partial charge in [-0.25, -0.2) is 8.78 Å². The molecular formula is C44H61ClF2N3O7P. The minimum atomic E-state index is -4.32. The molecule has 1 aliphatic rings. The van der Waals surface area contributed by atoms with Crippen LogP contribution in [0.1, 0.15) is 126 Å². The van der Waals surface area contributed by atoms with Gasteiger partial charge >= 0.3 is 7.60 Å². The number of halogens is 3. The smallest absolute Gasteiger partial charge is 0.358 e. The highest BCUT2D eigenvalue weighted by molar-refractivity contribution is 7.61. The van der Waals surface area contributed by atoms with Crippen molar-refractivity contribution in [2.45, 2.75) is 135 Å². The van der Waals surface area contributed by atoms with Crippen LogP contribution in [0.25, 0.3) is 10.9 Å². The average Bonchev–Trinajstić information content (AvgIpc) is 3.78. The molecule has 0 aliphatic carbocycles. The van der Waals surface area contributed by atoms with E-state index in [0.717, 1.165) is 30.6 Å². The molecule has 3 aromatic rings. The first kappa shape index (κ1) is 47.3. The van der Waals surface area contributed by atoms with Crippen LogP contribution in [-0.2, 0) is 36.5 Å². The number of hydrogen-bond donors (Lipinski definition) is 2. The van der Waals surface area contributed by atoms with Crippen molar-refractivity contribution in [1.82, 2.24) is 14.8 Å². The van der Waals surface area contributed by atoms with E-state index in [1.807, 2.05) is 0 Å². The van der Waals surface area contributed by atoms with E-state index >= 15 is 0 Å². The molecule has 1 aromatic heterocycles. The van der Waals surface area contributed by atoms with E-state index < -0.39 is 37.4 Å². The summed E-state index contributed by atoms with van der Waals surface area (Å²) < 4.78 is 54.8. The molecule has 4 rings (SSSR count).